The molecule has 1 saturated carbocycles. The summed E-state index contributed by atoms with van der Waals surface area (Å²) in [4.78, 5) is 17.6. The summed E-state index contributed by atoms with van der Waals surface area (Å²) in [5.41, 5.74) is 1.11. The Morgan fingerprint density at radius 1 is 1.36 bits per heavy atom. The molecule has 3 heterocycles. The van der Waals surface area contributed by atoms with Gasteiger partial charge in [-0.15, -0.1) is 0 Å². The van der Waals surface area contributed by atoms with E-state index in [9.17, 15) is 4.79 Å². The second kappa shape index (κ2) is 7.37. The first-order valence-electron chi connectivity index (χ1n) is 9.73. The Balaban J connectivity index is 1.41. The van der Waals surface area contributed by atoms with Crippen molar-refractivity contribution in [1.29, 1.82) is 0 Å². The van der Waals surface area contributed by atoms with Crippen LogP contribution in [0.3, 0.4) is 0 Å². The summed E-state index contributed by atoms with van der Waals surface area (Å²) in [5, 5.41) is 3.96. The molecule has 0 bridgehead atoms. The van der Waals surface area contributed by atoms with Crippen molar-refractivity contribution in [3.63, 3.8) is 0 Å². The van der Waals surface area contributed by atoms with E-state index < -0.39 is 0 Å². The molecule has 5 heteroatoms. The van der Waals surface area contributed by atoms with E-state index in [2.05, 4.69) is 9.80 Å². The molecule has 1 aliphatic carbocycles. The molecular weight excluding hydrogens is 332 g/mol. The van der Waals surface area contributed by atoms with Gasteiger partial charge in [0.15, 0.2) is 0 Å². The number of likely N-dealkylation sites (tertiary alicyclic amines) is 2. The Kier molecular flexibility index (Phi) is 5.16. The van der Waals surface area contributed by atoms with Crippen LogP contribution in [-0.2, 0) is 4.74 Å². The number of thiophene rings is 1. The number of carbonyl (C=O) groups is 1. The smallest absolute Gasteiger partial charge is 0.254 e. The Labute approximate surface area is 155 Å². The molecule has 1 atom stereocenters. The number of rotatable bonds is 5. The van der Waals surface area contributed by atoms with Crippen LogP contribution in [0.2, 0.25) is 0 Å². The van der Waals surface area contributed by atoms with Crippen molar-refractivity contribution in [1.82, 2.24) is 9.80 Å². The van der Waals surface area contributed by atoms with Crippen LogP contribution >= 0.6 is 11.3 Å². The summed E-state index contributed by atoms with van der Waals surface area (Å²) in [6.45, 7) is 6.21. The van der Waals surface area contributed by atoms with Crippen molar-refractivity contribution in [2.75, 3.05) is 46.4 Å². The maximum absolute atomic E-state index is 12.8. The number of carbonyl (C=O) groups excluding carboxylic acids is 1. The molecule has 2 aliphatic heterocycles. The molecule has 4 nitrogen and oxygen atoms in total. The number of piperidine rings is 1. The summed E-state index contributed by atoms with van der Waals surface area (Å²) in [5.74, 6) is 1.63. The lowest BCUT2D eigenvalue weighted by Gasteiger charge is -2.44. The minimum atomic E-state index is 0.205. The lowest BCUT2D eigenvalue weighted by atomic mass is 9.71. The SMILES string of the molecule is COC[C@@H]1CN(C(=O)c2ccsc2)CC12CCN(CC1CCC1)CC2. The summed E-state index contributed by atoms with van der Waals surface area (Å²) >= 11 is 1.60. The largest absolute Gasteiger partial charge is 0.384 e. The molecule has 3 aliphatic rings. The Hall–Kier alpha value is -0.910. The lowest BCUT2D eigenvalue weighted by Crippen LogP contribution is -2.47. The zero-order valence-corrected chi connectivity index (χ0v) is 16.1. The molecule has 0 aromatic carbocycles. The summed E-state index contributed by atoms with van der Waals surface area (Å²) < 4.78 is 5.54. The van der Waals surface area contributed by atoms with Crippen LogP contribution in [0.4, 0.5) is 0 Å². The number of methoxy groups -OCH3 is 1. The van der Waals surface area contributed by atoms with E-state index in [4.69, 9.17) is 4.74 Å². The zero-order valence-electron chi connectivity index (χ0n) is 15.3. The molecule has 25 heavy (non-hydrogen) atoms. The van der Waals surface area contributed by atoms with Crippen molar-refractivity contribution in [2.24, 2.45) is 17.3 Å². The molecule has 2 saturated heterocycles. The van der Waals surface area contributed by atoms with Crippen LogP contribution in [-0.4, -0.2) is 62.1 Å². The van der Waals surface area contributed by atoms with Crippen molar-refractivity contribution >= 4 is 17.2 Å². The van der Waals surface area contributed by atoms with Gasteiger partial charge in [-0.2, -0.15) is 11.3 Å². The molecule has 1 aromatic heterocycles. The summed E-state index contributed by atoms with van der Waals surface area (Å²) in [7, 11) is 1.79. The standard InChI is InChI=1S/C20H30N2O2S/c1-24-13-18-12-22(19(23)17-5-10-25-14-17)15-20(18)6-8-21(9-7-20)11-16-3-2-4-16/h5,10,14,16,18H,2-4,6-9,11-13,15H2,1H3/t18-/m0/s1. The fourth-order valence-corrected chi connectivity index (χ4v) is 5.61. The average Bonchev–Trinajstić information content (AvgIpc) is 3.22. The van der Waals surface area contributed by atoms with E-state index in [0.717, 1.165) is 31.2 Å². The van der Waals surface area contributed by atoms with Gasteiger partial charge in [-0.3, -0.25) is 4.79 Å². The fourth-order valence-electron chi connectivity index (χ4n) is 4.98. The van der Waals surface area contributed by atoms with Gasteiger partial charge < -0.3 is 14.5 Å². The van der Waals surface area contributed by atoms with Gasteiger partial charge in [0, 0.05) is 38.0 Å². The fraction of sp³-hybridized carbons (Fsp3) is 0.750. The van der Waals surface area contributed by atoms with Gasteiger partial charge in [0.2, 0.25) is 0 Å². The van der Waals surface area contributed by atoms with E-state index in [1.807, 2.05) is 16.8 Å². The molecule has 1 aromatic rings. The number of hydrogen-bond acceptors (Lipinski definition) is 4. The van der Waals surface area contributed by atoms with Crippen LogP contribution in [0.1, 0.15) is 42.5 Å². The van der Waals surface area contributed by atoms with Crippen molar-refractivity contribution < 1.29 is 9.53 Å². The quantitative estimate of drug-likeness (QED) is 0.805. The van der Waals surface area contributed by atoms with E-state index >= 15 is 0 Å². The van der Waals surface area contributed by atoms with Crippen LogP contribution in [0.15, 0.2) is 16.8 Å². The third-order valence-electron chi connectivity index (χ3n) is 6.83. The third-order valence-corrected chi connectivity index (χ3v) is 7.51. The maximum atomic E-state index is 12.8. The molecule has 0 N–H and O–H groups in total. The topological polar surface area (TPSA) is 32.8 Å². The third kappa shape index (κ3) is 3.51. The molecular formula is C20H30N2O2S. The minimum absolute atomic E-state index is 0.205. The molecule has 3 fully saturated rings. The number of hydrogen-bond donors (Lipinski definition) is 0. The summed E-state index contributed by atoms with van der Waals surface area (Å²) in [6.07, 6.45) is 6.70. The first-order valence-corrected chi connectivity index (χ1v) is 10.7. The summed E-state index contributed by atoms with van der Waals surface area (Å²) in [6, 6.07) is 1.95. The van der Waals surface area contributed by atoms with Gasteiger partial charge in [-0.1, -0.05) is 6.42 Å². The zero-order chi connectivity index (χ0) is 17.3. The monoisotopic (exact) mass is 362 g/mol. The van der Waals surface area contributed by atoms with Gasteiger partial charge in [-0.05, 0) is 61.6 Å². The molecule has 0 radical (unpaired) electrons. The number of nitrogens with zero attached hydrogens (tertiary/aromatic N) is 2. The first-order chi connectivity index (χ1) is 12.2. The van der Waals surface area contributed by atoms with Crippen molar-refractivity contribution in [3.8, 4) is 0 Å². The normalized spacial score (nSPS) is 26.9. The van der Waals surface area contributed by atoms with Crippen LogP contribution in [0.25, 0.3) is 0 Å². The van der Waals surface area contributed by atoms with Crippen LogP contribution < -0.4 is 0 Å². The molecule has 1 spiro atoms. The second-order valence-electron chi connectivity index (χ2n) is 8.31. The van der Waals surface area contributed by atoms with Crippen LogP contribution in [0, 0.1) is 17.3 Å². The minimum Gasteiger partial charge on any atom is -0.384 e. The van der Waals surface area contributed by atoms with Crippen molar-refractivity contribution in [2.45, 2.75) is 32.1 Å². The van der Waals surface area contributed by atoms with Gasteiger partial charge in [-0.25, -0.2) is 0 Å². The lowest BCUT2D eigenvalue weighted by molar-refractivity contribution is 0.0280. The van der Waals surface area contributed by atoms with Gasteiger partial charge in [0.1, 0.15) is 0 Å². The number of amides is 1. The average molecular weight is 363 g/mol. The van der Waals surface area contributed by atoms with E-state index in [-0.39, 0.29) is 11.3 Å². The van der Waals surface area contributed by atoms with Gasteiger partial charge >= 0.3 is 0 Å². The maximum Gasteiger partial charge on any atom is 0.254 e. The highest BCUT2D eigenvalue weighted by Crippen LogP contribution is 2.45. The molecule has 0 unspecified atom stereocenters. The van der Waals surface area contributed by atoms with Crippen molar-refractivity contribution in [3.05, 3.63) is 22.4 Å². The Bertz CT molecular complexity index is 577. The Morgan fingerprint density at radius 3 is 2.76 bits per heavy atom. The molecule has 4 rings (SSSR count). The second-order valence-corrected chi connectivity index (χ2v) is 9.09. The van der Waals surface area contributed by atoms with E-state index in [1.54, 1.807) is 18.4 Å². The molecule has 1 amide bonds. The Morgan fingerprint density at radius 2 is 2.16 bits per heavy atom. The van der Waals surface area contributed by atoms with E-state index in [0.29, 0.717) is 5.92 Å². The first kappa shape index (κ1) is 17.5. The number of ether oxygens (including phenoxy) is 1. The highest BCUT2D eigenvalue weighted by atomic mass is 32.1. The van der Waals surface area contributed by atoms with Crippen LogP contribution in [0.5, 0.6) is 0 Å². The van der Waals surface area contributed by atoms with Gasteiger partial charge in [0.25, 0.3) is 5.91 Å². The predicted octanol–water partition coefficient (Wildman–Crippen LogP) is 3.35. The van der Waals surface area contributed by atoms with E-state index in [1.165, 1.54) is 51.7 Å². The highest BCUT2D eigenvalue weighted by Gasteiger charge is 2.49. The predicted molar refractivity (Wildman–Crippen MR) is 101 cm³/mol. The van der Waals surface area contributed by atoms with Gasteiger partial charge in [0.05, 0.1) is 12.2 Å². The molecule has 138 valence electrons. The highest BCUT2D eigenvalue weighted by molar-refractivity contribution is 7.08.